The third-order valence-corrected chi connectivity index (χ3v) is 5.32. The number of benzene rings is 1. The molecular formula is C24H33F2NO4. The minimum atomic E-state index is -3.40. The number of nitrogens with zero attached hydrogens (tertiary/aromatic N) is 1. The molecule has 1 aliphatic heterocycles. The number of esters is 1. The number of rotatable bonds is 12. The van der Waals surface area contributed by atoms with Crippen molar-refractivity contribution in [3.8, 4) is 0 Å². The smallest absolute Gasteiger partial charge is 0.306 e. The van der Waals surface area contributed by atoms with Crippen molar-refractivity contribution >= 4 is 11.9 Å². The average Bonchev–Trinajstić information content (AvgIpc) is 3.08. The molecule has 0 saturated carbocycles. The van der Waals surface area contributed by atoms with Crippen LogP contribution in [0.2, 0.25) is 0 Å². The van der Waals surface area contributed by atoms with Crippen LogP contribution in [0.4, 0.5) is 8.78 Å². The number of amides is 1. The number of halogens is 2. The maximum Gasteiger partial charge on any atom is 0.306 e. The van der Waals surface area contributed by atoms with Crippen LogP contribution in [-0.4, -0.2) is 46.7 Å². The summed E-state index contributed by atoms with van der Waals surface area (Å²) in [7, 11) is 0. The number of likely N-dealkylation sites (tertiary alicyclic amines) is 1. The molecule has 1 aromatic carbocycles. The molecule has 1 heterocycles. The lowest BCUT2D eigenvalue weighted by Crippen LogP contribution is -2.34. The summed E-state index contributed by atoms with van der Waals surface area (Å²) in [4.78, 5) is 25.4. The maximum absolute atomic E-state index is 14.4. The number of ether oxygens (including phenoxy) is 1. The fourth-order valence-electron chi connectivity index (χ4n) is 3.66. The Labute approximate surface area is 183 Å². The second-order valence-electron chi connectivity index (χ2n) is 8.21. The highest BCUT2D eigenvalue weighted by Gasteiger charge is 2.39. The van der Waals surface area contributed by atoms with Gasteiger partial charge in [-0.25, -0.2) is 0 Å². The second-order valence-corrected chi connectivity index (χ2v) is 8.21. The Kier molecular flexibility index (Phi) is 9.62. The Morgan fingerprint density at radius 1 is 1.23 bits per heavy atom. The predicted octanol–water partition coefficient (Wildman–Crippen LogP) is 4.59. The van der Waals surface area contributed by atoms with Gasteiger partial charge in [-0.3, -0.25) is 9.59 Å². The van der Waals surface area contributed by atoms with Crippen molar-refractivity contribution in [2.45, 2.75) is 83.0 Å². The largest absolute Gasteiger partial charge is 0.463 e. The standard InChI is InChI=1S/C24H33F2NO4/c1-18(2)31-23(30)12-8-3-4-9-17-27-20(14-16-22(27)29)13-15-21(28)24(25,26)19-10-6-5-7-11-19/h5-7,10-11,13,15,18,20-21,28H,3-4,8-9,12,14,16-17H2,1-2H3/b15-13+/t20-,21?/m0/s1. The summed E-state index contributed by atoms with van der Waals surface area (Å²) < 4.78 is 34.0. The first kappa shape index (κ1) is 25.0. The zero-order chi connectivity index (χ0) is 22.9. The van der Waals surface area contributed by atoms with Gasteiger partial charge in [0.05, 0.1) is 12.1 Å². The number of carbonyl (C=O) groups excluding carboxylic acids is 2. The van der Waals surface area contributed by atoms with Crippen LogP contribution in [0, 0.1) is 0 Å². The molecule has 0 bridgehead atoms. The van der Waals surface area contributed by atoms with E-state index < -0.39 is 12.0 Å². The summed E-state index contributed by atoms with van der Waals surface area (Å²) in [6.45, 7) is 4.17. The van der Waals surface area contributed by atoms with Crippen LogP contribution in [0.5, 0.6) is 0 Å². The minimum absolute atomic E-state index is 0.000490. The Hall–Kier alpha value is -2.28. The van der Waals surface area contributed by atoms with Crippen LogP contribution in [0.15, 0.2) is 42.5 Å². The van der Waals surface area contributed by atoms with Gasteiger partial charge >= 0.3 is 11.9 Å². The van der Waals surface area contributed by atoms with Crippen LogP contribution in [-0.2, 0) is 20.2 Å². The summed E-state index contributed by atoms with van der Waals surface area (Å²) in [5.41, 5.74) is -0.246. The summed E-state index contributed by atoms with van der Waals surface area (Å²) >= 11 is 0. The summed E-state index contributed by atoms with van der Waals surface area (Å²) in [5.74, 6) is -3.60. The van der Waals surface area contributed by atoms with Crippen molar-refractivity contribution in [3.63, 3.8) is 0 Å². The lowest BCUT2D eigenvalue weighted by molar-refractivity contribution is -0.147. The molecule has 1 aliphatic rings. The predicted molar refractivity (Wildman–Crippen MR) is 115 cm³/mol. The molecule has 1 unspecified atom stereocenters. The van der Waals surface area contributed by atoms with Gasteiger partial charge in [-0.2, -0.15) is 8.78 Å². The average molecular weight is 438 g/mol. The Morgan fingerprint density at radius 2 is 1.90 bits per heavy atom. The molecule has 0 aromatic heterocycles. The van der Waals surface area contributed by atoms with Crippen molar-refractivity contribution in [2.24, 2.45) is 0 Å². The minimum Gasteiger partial charge on any atom is -0.463 e. The van der Waals surface area contributed by atoms with E-state index in [9.17, 15) is 23.5 Å². The fraction of sp³-hybridized carbons (Fsp3) is 0.583. The third kappa shape index (κ3) is 7.73. The van der Waals surface area contributed by atoms with E-state index >= 15 is 0 Å². The Balaban J connectivity index is 1.78. The van der Waals surface area contributed by atoms with Crippen molar-refractivity contribution in [1.82, 2.24) is 4.90 Å². The van der Waals surface area contributed by atoms with E-state index in [4.69, 9.17) is 4.74 Å². The third-order valence-electron chi connectivity index (χ3n) is 5.32. The Bertz CT molecular complexity index is 736. The van der Waals surface area contributed by atoms with Crippen molar-refractivity contribution in [3.05, 3.63) is 48.0 Å². The second kappa shape index (κ2) is 11.9. The number of hydrogen-bond acceptors (Lipinski definition) is 4. The van der Waals surface area contributed by atoms with Gasteiger partial charge in [0.25, 0.3) is 0 Å². The quantitative estimate of drug-likeness (QED) is 0.295. The van der Waals surface area contributed by atoms with Gasteiger partial charge in [-0.05, 0) is 33.1 Å². The highest BCUT2D eigenvalue weighted by atomic mass is 19.3. The molecule has 31 heavy (non-hydrogen) atoms. The maximum atomic E-state index is 14.4. The number of unbranched alkanes of at least 4 members (excludes halogenated alkanes) is 3. The molecule has 0 radical (unpaired) electrons. The van der Waals surface area contributed by atoms with E-state index in [2.05, 4.69) is 0 Å². The van der Waals surface area contributed by atoms with E-state index in [1.54, 1.807) is 11.0 Å². The van der Waals surface area contributed by atoms with Gasteiger partial charge in [0, 0.05) is 24.9 Å². The fourth-order valence-corrected chi connectivity index (χ4v) is 3.66. The molecule has 1 fully saturated rings. The number of hydrogen-bond donors (Lipinski definition) is 1. The van der Waals surface area contributed by atoms with Crippen molar-refractivity contribution in [2.75, 3.05) is 6.54 Å². The van der Waals surface area contributed by atoms with Gasteiger partial charge in [0.2, 0.25) is 5.91 Å². The molecule has 172 valence electrons. The molecular weight excluding hydrogens is 404 g/mol. The SMILES string of the molecule is CC(C)OC(=O)CCCCCCN1C(=O)CC[C@@H]1/C=C/C(O)C(F)(F)c1ccccc1. The molecule has 1 saturated heterocycles. The monoisotopic (exact) mass is 437 g/mol. The summed E-state index contributed by atoms with van der Waals surface area (Å²) in [6, 6.07) is 6.93. The van der Waals surface area contributed by atoms with Crippen molar-refractivity contribution in [1.29, 1.82) is 0 Å². The lowest BCUT2D eigenvalue weighted by Gasteiger charge is -2.24. The molecule has 1 amide bonds. The zero-order valence-electron chi connectivity index (χ0n) is 18.3. The number of aliphatic hydroxyl groups excluding tert-OH is 1. The van der Waals surface area contributed by atoms with Crippen LogP contribution < -0.4 is 0 Å². The first-order valence-corrected chi connectivity index (χ1v) is 11.0. The summed E-state index contributed by atoms with van der Waals surface area (Å²) in [5, 5.41) is 10.0. The van der Waals surface area contributed by atoms with Gasteiger partial charge in [0.1, 0.15) is 6.10 Å². The molecule has 7 heteroatoms. The van der Waals surface area contributed by atoms with E-state index in [1.807, 2.05) is 13.8 Å². The molecule has 0 spiro atoms. The van der Waals surface area contributed by atoms with E-state index in [-0.39, 0.29) is 29.6 Å². The first-order chi connectivity index (χ1) is 14.7. The highest BCUT2D eigenvalue weighted by molar-refractivity contribution is 5.79. The number of aliphatic hydroxyl groups is 1. The van der Waals surface area contributed by atoms with Crippen LogP contribution in [0.3, 0.4) is 0 Å². The molecule has 2 atom stereocenters. The van der Waals surface area contributed by atoms with Gasteiger partial charge in [0.15, 0.2) is 0 Å². The van der Waals surface area contributed by atoms with Gasteiger partial charge in [-0.1, -0.05) is 55.3 Å². The van der Waals surface area contributed by atoms with Gasteiger partial charge < -0.3 is 14.7 Å². The zero-order valence-corrected chi connectivity index (χ0v) is 18.3. The van der Waals surface area contributed by atoms with Crippen LogP contribution >= 0.6 is 0 Å². The molecule has 1 aromatic rings. The normalized spacial score (nSPS) is 18.2. The molecule has 5 nitrogen and oxygen atoms in total. The number of alkyl halides is 2. The van der Waals surface area contributed by atoms with E-state index in [0.717, 1.165) is 31.8 Å². The lowest BCUT2D eigenvalue weighted by atomic mass is 10.0. The Morgan fingerprint density at radius 3 is 2.58 bits per heavy atom. The van der Waals surface area contributed by atoms with Gasteiger partial charge in [-0.15, -0.1) is 0 Å². The van der Waals surface area contributed by atoms with Crippen LogP contribution in [0.25, 0.3) is 0 Å². The van der Waals surface area contributed by atoms with Crippen molar-refractivity contribution < 1.29 is 28.2 Å². The number of carbonyl (C=O) groups is 2. The molecule has 0 aliphatic carbocycles. The van der Waals surface area contributed by atoms with E-state index in [0.29, 0.717) is 25.8 Å². The molecule has 1 N–H and O–H groups in total. The highest BCUT2D eigenvalue weighted by Crippen LogP contribution is 2.32. The van der Waals surface area contributed by atoms with E-state index in [1.165, 1.54) is 30.3 Å². The topological polar surface area (TPSA) is 66.8 Å². The first-order valence-electron chi connectivity index (χ1n) is 11.0. The summed E-state index contributed by atoms with van der Waals surface area (Å²) in [6.07, 6.45) is 5.12. The van der Waals surface area contributed by atoms with Crippen LogP contribution in [0.1, 0.15) is 64.4 Å². The molecule has 2 rings (SSSR count).